The lowest BCUT2D eigenvalue weighted by Crippen LogP contribution is -2.14. The van der Waals surface area contributed by atoms with Crippen molar-refractivity contribution < 1.29 is 9.13 Å². The molecular formula is C13H17FN4O. The Hall–Kier alpha value is -2.11. The number of nitrogen functional groups attached to an aromatic ring is 1. The average Bonchev–Trinajstić information content (AvgIpc) is 2.73. The van der Waals surface area contributed by atoms with Crippen molar-refractivity contribution in [1.82, 2.24) is 15.0 Å². The number of para-hydroxylation sites is 1. The molecule has 0 bridgehead atoms. The van der Waals surface area contributed by atoms with Crippen LogP contribution in [0, 0.1) is 5.82 Å². The van der Waals surface area contributed by atoms with Crippen molar-refractivity contribution in [3.63, 3.8) is 0 Å². The Kier molecular flexibility index (Phi) is 3.99. The van der Waals surface area contributed by atoms with Gasteiger partial charge in [-0.15, -0.1) is 5.10 Å². The second-order valence-electron chi connectivity index (χ2n) is 4.52. The number of nitrogens with zero attached hydrogens (tertiary/aromatic N) is 3. The molecule has 0 unspecified atom stereocenters. The summed E-state index contributed by atoms with van der Waals surface area (Å²) in [4.78, 5) is 0. The molecule has 0 aliphatic carbocycles. The summed E-state index contributed by atoms with van der Waals surface area (Å²) in [5.74, 6) is 0.524. The van der Waals surface area contributed by atoms with Gasteiger partial charge in [0, 0.05) is 0 Å². The second-order valence-corrected chi connectivity index (χ2v) is 4.52. The number of aromatic nitrogens is 3. The van der Waals surface area contributed by atoms with E-state index in [1.54, 1.807) is 22.9 Å². The molecule has 0 saturated carbocycles. The van der Waals surface area contributed by atoms with E-state index < -0.39 is 0 Å². The molecule has 5 nitrogen and oxygen atoms in total. The molecule has 0 radical (unpaired) electrons. The number of hydrogen-bond acceptors (Lipinski definition) is 4. The van der Waals surface area contributed by atoms with E-state index in [1.807, 2.05) is 13.8 Å². The molecule has 0 fully saturated rings. The van der Waals surface area contributed by atoms with Crippen molar-refractivity contribution in [3.05, 3.63) is 35.8 Å². The van der Waals surface area contributed by atoms with Crippen LogP contribution >= 0.6 is 0 Å². The molecule has 0 saturated heterocycles. The quantitative estimate of drug-likeness (QED) is 0.899. The molecule has 19 heavy (non-hydrogen) atoms. The maximum atomic E-state index is 13.3. The van der Waals surface area contributed by atoms with Gasteiger partial charge in [0.25, 0.3) is 0 Å². The first kappa shape index (κ1) is 13.3. The topological polar surface area (TPSA) is 66.0 Å². The first-order valence-corrected chi connectivity index (χ1v) is 6.15. The van der Waals surface area contributed by atoms with Gasteiger partial charge in [-0.25, -0.2) is 9.07 Å². The van der Waals surface area contributed by atoms with Crippen LogP contribution in [0.4, 0.5) is 10.2 Å². The highest BCUT2D eigenvalue weighted by atomic mass is 19.1. The standard InChI is InChI=1S/C13H17FN4O/c1-9(2)12-13(15)16-17-18(12)7-8-19-11-6-4-3-5-10(11)14/h3-6,9H,7-8,15H2,1-2H3. The Morgan fingerprint density at radius 1 is 1.37 bits per heavy atom. The minimum Gasteiger partial charge on any atom is -0.489 e. The lowest BCUT2D eigenvalue weighted by Gasteiger charge is -2.11. The van der Waals surface area contributed by atoms with Crippen LogP contribution in [-0.2, 0) is 6.54 Å². The lowest BCUT2D eigenvalue weighted by atomic mass is 10.1. The summed E-state index contributed by atoms with van der Waals surface area (Å²) in [6.45, 7) is 4.82. The Balaban J connectivity index is 1.99. The summed E-state index contributed by atoms with van der Waals surface area (Å²) in [6, 6.07) is 6.30. The zero-order chi connectivity index (χ0) is 13.8. The lowest BCUT2D eigenvalue weighted by molar-refractivity contribution is 0.274. The van der Waals surface area contributed by atoms with Gasteiger partial charge in [-0.3, -0.25) is 0 Å². The summed E-state index contributed by atoms with van der Waals surface area (Å²) in [5.41, 5.74) is 6.63. The summed E-state index contributed by atoms with van der Waals surface area (Å²) in [5, 5.41) is 7.80. The normalized spacial score (nSPS) is 10.9. The smallest absolute Gasteiger partial charge is 0.169 e. The van der Waals surface area contributed by atoms with Gasteiger partial charge in [-0.1, -0.05) is 31.2 Å². The maximum absolute atomic E-state index is 13.3. The Bertz CT molecular complexity index is 553. The van der Waals surface area contributed by atoms with Crippen LogP contribution in [0.5, 0.6) is 5.75 Å². The third-order valence-electron chi connectivity index (χ3n) is 2.75. The van der Waals surface area contributed by atoms with Gasteiger partial charge in [0.1, 0.15) is 6.61 Å². The molecule has 6 heteroatoms. The molecule has 0 amide bonds. The van der Waals surface area contributed by atoms with Gasteiger partial charge in [0.05, 0.1) is 12.2 Å². The molecule has 2 aromatic rings. The fourth-order valence-corrected chi connectivity index (χ4v) is 1.90. The first-order valence-electron chi connectivity index (χ1n) is 6.15. The average molecular weight is 264 g/mol. The zero-order valence-electron chi connectivity index (χ0n) is 11.0. The number of nitrogens with two attached hydrogens (primary N) is 1. The van der Waals surface area contributed by atoms with Gasteiger partial charge in [0.2, 0.25) is 0 Å². The molecule has 0 aliphatic rings. The van der Waals surface area contributed by atoms with Crippen LogP contribution in [0.25, 0.3) is 0 Å². The van der Waals surface area contributed by atoms with Crippen molar-refractivity contribution in [3.8, 4) is 5.75 Å². The van der Waals surface area contributed by atoms with Gasteiger partial charge < -0.3 is 10.5 Å². The summed E-state index contributed by atoms with van der Waals surface area (Å²) in [7, 11) is 0. The van der Waals surface area contributed by atoms with E-state index in [9.17, 15) is 4.39 Å². The van der Waals surface area contributed by atoms with E-state index in [0.29, 0.717) is 19.0 Å². The van der Waals surface area contributed by atoms with E-state index in [-0.39, 0.29) is 17.5 Å². The zero-order valence-corrected chi connectivity index (χ0v) is 11.0. The molecule has 102 valence electrons. The highest BCUT2D eigenvalue weighted by Gasteiger charge is 2.13. The number of rotatable bonds is 5. The van der Waals surface area contributed by atoms with Crippen molar-refractivity contribution in [2.24, 2.45) is 0 Å². The van der Waals surface area contributed by atoms with Crippen LogP contribution in [0.3, 0.4) is 0 Å². The summed E-state index contributed by atoms with van der Waals surface area (Å²) < 4.78 is 20.4. The van der Waals surface area contributed by atoms with Gasteiger partial charge in [0.15, 0.2) is 17.4 Å². The van der Waals surface area contributed by atoms with E-state index >= 15 is 0 Å². The minimum atomic E-state index is -0.371. The molecule has 2 N–H and O–H groups in total. The number of hydrogen-bond donors (Lipinski definition) is 1. The first-order chi connectivity index (χ1) is 9.09. The number of ether oxygens (including phenoxy) is 1. The molecule has 0 spiro atoms. The molecule has 1 aromatic heterocycles. The summed E-state index contributed by atoms with van der Waals surface area (Å²) >= 11 is 0. The van der Waals surface area contributed by atoms with Gasteiger partial charge in [-0.2, -0.15) is 0 Å². The fourth-order valence-electron chi connectivity index (χ4n) is 1.90. The third-order valence-corrected chi connectivity index (χ3v) is 2.75. The van der Waals surface area contributed by atoms with E-state index in [2.05, 4.69) is 10.3 Å². The molecule has 1 aromatic carbocycles. The molecule has 0 atom stereocenters. The van der Waals surface area contributed by atoms with Crippen LogP contribution in [-0.4, -0.2) is 21.6 Å². The minimum absolute atomic E-state index is 0.225. The molecular weight excluding hydrogens is 247 g/mol. The van der Waals surface area contributed by atoms with Crippen LogP contribution in [0.15, 0.2) is 24.3 Å². The monoisotopic (exact) mass is 264 g/mol. The Labute approximate surface area is 111 Å². The van der Waals surface area contributed by atoms with Crippen molar-refractivity contribution in [1.29, 1.82) is 0 Å². The molecule has 0 aliphatic heterocycles. The van der Waals surface area contributed by atoms with Crippen LogP contribution in [0.1, 0.15) is 25.5 Å². The van der Waals surface area contributed by atoms with E-state index in [0.717, 1.165) is 5.69 Å². The Morgan fingerprint density at radius 2 is 2.11 bits per heavy atom. The molecule has 1 heterocycles. The van der Waals surface area contributed by atoms with Crippen molar-refractivity contribution >= 4 is 5.82 Å². The second kappa shape index (κ2) is 5.69. The SMILES string of the molecule is CC(C)c1c(N)nnn1CCOc1ccccc1F. The fraction of sp³-hybridized carbons (Fsp3) is 0.385. The van der Waals surface area contributed by atoms with E-state index in [1.165, 1.54) is 6.07 Å². The van der Waals surface area contributed by atoms with Gasteiger partial charge >= 0.3 is 0 Å². The van der Waals surface area contributed by atoms with Crippen LogP contribution < -0.4 is 10.5 Å². The van der Waals surface area contributed by atoms with Crippen molar-refractivity contribution in [2.75, 3.05) is 12.3 Å². The largest absolute Gasteiger partial charge is 0.489 e. The van der Waals surface area contributed by atoms with Gasteiger partial charge in [-0.05, 0) is 18.1 Å². The number of benzene rings is 1. The highest BCUT2D eigenvalue weighted by molar-refractivity contribution is 5.35. The Morgan fingerprint density at radius 3 is 2.79 bits per heavy atom. The highest BCUT2D eigenvalue weighted by Crippen LogP contribution is 2.19. The van der Waals surface area contributed by atoms with E-state index in [4.69, 9.17) is 10.5 Å². The maximum Gasteiger partial charge on any atom is 0.169 e. The summed E-state index contributed by atoms with van der Waals surface area (Å²) in [6.07, 6.45) is 0. The number of anilines is 1. The molecule has 2 rings (SSSR count). The third kappa shape index (κ3) is 3.01. The van der Waals surface area contributed by atoms with Crippen LogP contribution in [0.2, 0.25) is 0 Å². The number of halogens is 1. The van der Waals surface area contributed by atoms with Crippen molar-refractivity contribution in [2.45, 2.75) is 26.3 Å². The predicted molar refractivity (Wildman–Crippen MR) is 70.4 cm³/mol. The predicted octanol–water partition coefficient (Wildman–Crippen LogP) is 2.20.